The van der Waals surface area contributed by atoms with E-state index in [0.717, 1.165) is 24.4 Å². The molecule has 100 valence electrons. The number of likely N-dealkylation sites (N-methyl/N-ethyl adjacent to an activating group) is 1. The molecular weight excluding hydrogens is 252 g/mol. The molecule has 1 fully saturated rings. The van der Waals surface area contributed by atoms with Crippen LogP contribution in [0.4, 0.5) is 10.1 Å². The molecule has 7 heteroatoms. The Kier molecular flexibility index (Phi) is 4.48. The van der Waals surface area contributed by atoms with Gasteiger partial charge in [-0.15, -0.1) is 0 Å². The van der Waals surface area contributed by atoms with Gasteiger partial charge in [0.1, 0.15) is 6.20 Å². The first-order valence-electron chi connectivity index (χ1n) is 6.21. The summed E-state index contributed by atoms with van der Waals surface area (Å²) in [6, 6.07) is 0.706. The van der Waals surface area contributed by atoms with Gasteiger partial charge in [-0.25, -0.2) is 4.98 Å². The van der Waals surface area contributed by atoms with Gasteiger partial charge in [0.2, 0.25) is 0 Å². The molecular formula is C11H18N4O2S. The minimum Gasteiger partial charge on any atom is -0.360 e. The number of thiazole rings is 1. The molecule has 0 saturated heterocycles. The molecule has 1 heterocycles. The second kappa shape index (κ2) is 6.10. The molecule has 0 unspecified atom stereocenters. The highest BCUT2D eigenvalue weighted by molar-refractivity contribution is 7.18. The van der Waals surface area contributed by atoms with Crippen LogP contribution in [0.1, 0.15) is 25.7 Å². The molecule has 1 N–H and O–H groups in total. The monoisotopic (exact) mass is 270 g/mol. The van der Waals surface area contributed by atoms with E-state index in [0.29, 0.717) is 11.2 Å². The first-order valence-corrected chi connectivity index (χ1v) is 7.03. The van der Waals surface area contributed by atoms with Crippen LogP contribution < -0.4 is 5.32 Å². The number of hydrogen-bond acceptors (Lipinski definition) is 6. The minimum atomic E-state index is -0.409. The molecule has 0 amide bonds. The van der Waals surface area contributed by atoms with Crippen molar-refractivity contribution >= 4 is 21.5 Å². The molecule has 0 radical (unpaired) electrons. The Hall–Kier alpha value is -1.21. The van der Waals surface area contributed by atoms with Crippen LogP contribution in [0.25, 0.3) is 0 Å². The van der Waals surface area contributed by atoms with Crippen LogP contribution in [0.2, 0.25) is 0 Å². The molecule has 1 saturated carbocycles. The normalized spacial score (nSPS) is 16.3. The molecule has 0 aromatic carbocycles. The van der Waals surface area contributed by atoms with Crippen molar-refractivity contribution in [3.05, 3.63) is 16.3 Å². The summed E-state index contributed by atoms with van der Waals surface area (Å²) < 4.78 is 0. The van der Waals surface area contributed by atoms with Gasteiger partial charge in [0.05, 0.1) is 4.92 Å². The molecule has 2 rings (SSSR count). The Balaban J connectivity index is 1.72. The van der Waals surface area contributed by atoms with Crippen molar-refractivity contribution in [2.45, 2.75) is 31.7 Å². The predicted molar refractivity (Wildman–Crippen MR) is 72.1 cm³/mol. The van der Waals surface area contributed by atoms with Crippen molar-refractivity contribution in [2.24, 2.45) is 0 Å². The van der Waals surface area contributed by atoms with Crippen molar-refractivity contribution in [1.29, 1.82) is 0 Å². The van der Waals surface area contributed by atoms with E-state index in [4.69, 9.17) is 0 Å². The molecule has 1 aromatic rings. The van der Waals surface area contributed by atoms with Gasteiger partial charge in [-0.1, -0.05) is 12.8 Å². The van der Waals surface area contributed by atoms with E-state index in [1.165, 1.54) is 31.9 Å². The van der Waals surface area contributed by atoms with Crippen LogP contribution in [-0.2, 0) is 0 Å². The summed E-state index contributed by atoms with van der Waals surface area (Å²) in [6.45, 7) is 1.72. The van der Waals surface area contributed by atoms with Crippen LogP contribution in [0.15, 0.2) is 6.20 Å². The Labute approximate surface area is 110 Å². The summed E-state index contributed by atoms with van der Waals surface area (Å²) in [5.41, 5.74) is 0. The van der Waals surface area contributed by atoms with E-state index in [1.807, 2.05) is 0 Å². The van der Waals surface area contributed by atoms with E-state index >= 15 is 0 Å². The van der Waals surface area contributed by atoms with Crippen LogP contribution in [-0.4, -0.2) is 41.0 Å². The number of aromatic nitrogens is 1. The quantitative estimate of drug-likeness (QED) is 0.634. The number of hydrogen-bond donors (Lipinski definition) is 1. The molecule has 0 atom stereocenters. The lowest BCUT2D eigenvalue weighted by atomic mass is 10.2. The first-order chi connectivity index (χ1) is 8.66. The lowest BCUT2D eigenvalue weighted by Gasteiger charge is -2.23. The molecule has 18 heavy (non-hydrogen) atoms. The van der Waals surface area contributed by atoms with E-state index in [9.17, 15) is 10.1 Å². The summed E-state index contributed by atoms with van der Waals surface area (Å²) in [7, 11) is 2.14. The van der Waals surface area contributed by atoms with E-state index < -0.39 is 4.92 Å². The van der Waals surface area contributed by atoms with Gasteiger partial charge >= 0.3 is 5.00 Å². The Morgan fingerprint density at radius 1 is 1.61 bits per heavy atom. The zero-order valence-electron chi connectivity index (χ0n) is 10.5. The second-order valence-corrected chi connectivity index (χ2v) is 5.62. The predicted octanol–water partition coefficient (Wildman–Crippen LogP) is 2.34. The summed E-state index contributed by atoms with van der Waals surface area (Å²) in [6.07, 6.45) is 6.55. The second-order valence-electron chi connectivity index (χ2n) is 4.61. The third kappa shape index (κ3) is 3.39. The Morgan fingerprint density at radius 2 is 2.33 bits per heavy atom. The number of rotatable bonds is 6. The molecule has 1 aliphatic carbocycles. The molecule has 0 bridgehead atoms. The fourth-order valence-electron chi connectivity index (χ4n) is 2.30. The third-order valence-corrected chi connectivity index (χ3v) is 4.27. The third-order valence-electron chi connectivity index (χ3n) is 3.36. The summed E-state index contributed by atoms with van der Waals surface area (Å²) in [5.74, 6) is 0. The average molecular weight is 270 g/mol. The van der Waals surface area contributed by atoms with Crippen molar-refractivity contribution in [3.8, 4) is 0 Å². The molecule has 1 aliphatic rings. The van der Waals surface area contributed by atoms with Gasteiger partial charge in [0.25, 0.3) is 0 Å². The number of nitro groups is 1. The van der Waals surface area contributed by atoms with Crippen LogP contribution >= 0.6 is 11.3 Å². The zero-order chi connectivity index (χ0) is 13.0. The first kappa shape index (κ1) is 13.2. The highest BCUT2D eigenvalue weighted by Crippen LogP contribution is 2.25. The van der Waals surface area contributed by atoms with Gasteiger partial charge in [-0.3, -0.25) is 10.1 Å². The van der Waals surface area contributed by atoms with Gasteiger partial charge in [0.15, 0.2) is 5.13 Å². The van der Waals surface area contributed by atoms with Gasteiger partial charge in [-0.05, 0) is 31.2 Å². The fraction of sp³-hybridized carbons (Fsp3) is 0.727. The molecule has 0 spiro atoms. The maximum Gasteiger partial charge on any atom is 0.345 e. The lowest BCUT2D eigenvalue weighted by Crippen LogP contribution is -2.33. The SMILES string of the molecule is CN(CCNc1ncc([N+](=O)[O-])s1)C1CCCC1. The van der Waals surface area contributed by atoms with Crippen LogP contribution in [0.3, 0.4) is 0 Å². The maximum absolute atomic E-state index is 10.5. The van der Waals surface area contributed by atoms with Crippen molar-refractivity contribution in [3.63, 3.8) is 0 Å². The summed E-state index contributed by atoms with van der Waals surface area (Å²) in [5, 5.41) is 14.4. The smallest absolute Gasteiger partial charge is 0.345 e. The number of anilines is 1. The zero-order valence-corrected chi connectivity index (χ0v) is 11.3. The highest BCUT2D eigenvalue weighted by atomic mass is 32.1. The topological polar surface area (TPSA) is 71.3 Å². The number of nitrogens with zero attached hydrogens (tertiary/aromatic N) is 3. The number of nitrogens with one attached hydrogen (secondary N) is 1. The Morgan fingerprint density at radius 3 is 2.94 bits per heavy atom. The van der Waals surface area contributed by atoms with E-state index in [1.54, 1.807) is 0 Å². The molecule has 1 aromatic heterocycles. The van der Waals surface area contributed by atoms with Crippen molar-refractivity contribution < 1.29 is 4.92 Å². The average Bonchev–Trinajstić information content (AvgIpc) is 3.00. The minimum absolute atomic E-state index is 0.0849. The van der Waals surface area contributed by atoms with Gasteiger partial charge in [0, 0.05) is 19.1 Å². The van der Waals surface area contributed by atoms with E-state index in [2.05, 4.69) is 22.2 Å². The summed E-state index contributed by atoms with van der Waals surface area (Å²) in [4.78, 5) is 16.4. The van der Waals surface area contributed by atoms with Gasteiger partial charge < -0.3 is 10.2 Å². The fourth-order valence-corrected chi connectivity index (χ4v) is 2.96. The molecule has 0 aliphatic heterocycles. The Bertz CT molecular complexity index is 404. The van der Waals surface area contributed by atoms with Crippen LogP contribution in [0.5, 0.6) is 0 Å². The van der Waals surface area contributed by atoms with Crippen LogP contribution in [0, 0.1) is 10.1 Å². The highest BCUT2D eigenvalue weighted by Gasteiger charge is 2.19. The van der Waals surface area contributed by atoms with Crippen molar-refractivity contribution in [1.82, 2.24) is 9.88 Å². The maximum atomic E-state index is 10.5. The standard InChI is InChI=1S/C11H18N4O2S/c1-14(9-4-2-3-5-9)7-6-12-11-13-8-10(18-11)15(16)17/h8-9H,2-7H2,1H3,(H,12,13). The largest absolute Gasteiger partial charge is 0.360 e. The molecule has 6 nitrogen and oxygen atoms in total. The summed E-state index contributed by atoms with van der Waals surface area (Å²) >= 11 is 1.09. The van der Waals surface area contributed by atoms with Gasteiger partial charge in [-0.2, -0.15) is 0 Å². The van der Waals surface area contributed by atoms with E-state index in [-0.39, 0.29) is 5.00 Å². The van der Waals surface area contributed by atoms with Crippen molar-refractivity contribution in [2.75, 3.05) is 25.5 Å². The lowest BCUT2D eigenvalue weighted by molar-refractivity contribution is -0.380.